The van der Waals surface area contributed by atoms with Crippen LogP contribution in [0.5, 0.6) is 0 Å². The molecular weight excluding hydrogens is 282 g/mol. The van der Waals surface area contributed by atoms with Gasteiger partial charge in [0, 0.05) is 0 Å². The minimum absolute atomic E-state index is 0.0604. The zero-order chi connectivity index (χ0) is 11.3. The average molecular weight is 295 g/mol. The van der Waals surface area contributed by atoms with Crippen LogP contribution in [-0.2, 0) is 14.1 Å². The zero-order valence-electron chi connectivity index (χ0n) is 8.24. The molecule has 0 aliphatic rings. The standard InChI is InChI=1S/C9H13O4PSe/c1-14(10,11)13-12-7-9(15)8-5-3-2-4-6-8/h2-6,9,15H,7H2,1H3,(H,10,11). The van der Waals surface area contributed by atoms with Crippen molar-refractivity contribution in [3.05, 3.63) is 35.9 Å². The third kappa shape index (κ3) is 5.47. The summed E-state index contributed by atoms with van der Waals surface area (Å²) in [5.41, 5.74) is 1.07. The average Bonchev–Trinajstić information content (AvgIpc) is 2.17. The number of benzene rings is 1. The third-order valence-electron chi connectivity index (χ3n) is 1.60. The summed E-state index contributed by atoms with van der Waals surface area (Å²) in [6, 6.07) is 9.68. The molecule has 2 atom stereocenters. The van der Waals surface area contributed by atoms with Crippen LogP contribution in [0.4, 0.5) is 0 Å². The summed E-state index contributed by atoms with van der Waals surface area (Å²) in [5, 5.41) is 0. The van der Waals surface area contributed by atoms with Crippen molar-refractivity contribution >= 4 is 23.6 Å². The Bertz CT molecular complexity index is 337. The van der Waals surface area contributed by atoms with Crippen LogP contribution in [0, 0.1) is 0 Å². The first-order valence-corrected chi connectivity index (χ1v) is 7.44. The molecule has 0 radical (unpaired) electrons. The van der Waals surface area contributed by atoms with E-state index < -0.39 is 7.60 Å². The van der Waals surface area contributed by atoms with Crippen LogP contribution in [0.15, 0.2) is 30.3 Å². The first kappa shape index (κ1) is 12.9. The second-order valence-electron chi connectivity index (χ2n) is 3.09. The van der Waals surface area contributed by atoms with E-state index in [0.29, 0.717) is 0 Å². The van der Waals surface area contributed by atoms with E-state index in [9.17, 15) is 4.57 Å². The summed E-state index contributed by atoms with van der Waals surface area (Å²) in [4.78, 5) is 13.6. The quantitative estimate of drug-likeness (QED) is 0.386. The molecule has 0 heterocycles. The van der Waals surface area contributed by atoms with Crippen molar-refractivity contribution in [1.29, 1.82) is 0 Å². The monoisotopic (exact) mass is 296 g/mol. The van der Waals surface area contributed by atoms with Crippen molar-refractivity contribution in [2.45, 2.75) is 4.82 Å². The molecule has 0 saturated heterocycles. The molecule has 0 aliphatic carbocycles. The van der Waals surface area contributed by atoms with E-state index in [1.807, 2.05) is 30.3 Å². The number of rotatable bonds is 5. The van der Waals surface area contributed by atoms with E-state index in [-0.39, 0.29) is 11.4 Å². The zero-order valence-corrected chi connectivity index (χ0v) is 11.0. The number of hydrogen-bond donors (Lipinski definition) is 1. The molecule has 1 N–H and O–H groups in total. The van der Waals surface area contributed by atoms with Gasteiger partial charge in [0.15, 0.2) is 0 Å². The van der Waals surface area contributed by atoms with Crippen LogP contribution < -0.4 is 0 Å². The molecule has 0 saturated carbocycles. The van der Waals surface area contributed by atoms with E-state index in [2.05, 4.69) is 25.6 Å². The van der Waals surface area contributed by atoms with Gasteiger partial charge in [0.05, 0.1) is 0 Å². The fraction of sp³-hybridized carbons (Fsp3) is 0.333. The Morgan fingerprint density at radius 1 is 1.47 bits per heavy atom. The van der Waals surface area contributed by atoms with Gasteiger partial charge in [-0.1, -0.05) is 0 Å². The van der Waals surface area contributed by atoms with E-state index >= 15 is 0 Å². The normalized spacial score (nSPS) is 17.0. The molecule has 6 heteroatoms. The molecular formula is C9H13O4PSe. The van der Waals surface area contributed by atoms with Crippen molar-refractivity contribution in [3.8, 4) is 0 Å². The minimum atomic E-state index is -3.54. The molecule has 0 amide bonds. The molecule has 0 spiro atoms. The van der Waals surface area contributed by atoms with Gasteiger partial charge in [-0.25, -0.2) is 0 Å². The Morgan fingerprint density at radius 2 is 2.07 bits per heavy atom. The topological polar surface area (TPSA) is 55.8 Å². The van der Waals surface area contributed by atoms with Crippen LogP contribution in [0.1, 0.15) is 10.4 Å². The molecule has 0 fully saturated rings. The molecule has 0 bridgehead atoms. The van der Waals surface area contributed by atoms with Gasteiger partial charge in [-0.15, -0.1) is 0 Å². The van der Waals surface area contributed by atoms with Crippen molar-refractivity contribution in [2.75, 3.05) is 13.3 Å². The first-order valence-electron chi connectivity index (χ1n) is 4.33. The van der Waals surface area contributed by atoms with Gasteiger partial charge in [0.2, 0.25) is 0 Å². The third-order valence-corrected chi connectivity index (χ3v) is 2.92. The van der Waals surface area contributed by atoms with E-state index in [4.69, 9.17) is 4.89 Å². The maximum atomic E-state index is 10.7. The van der Waals surface area contributed by atoms with Crippen LogP contribution in [0.25, 0.3) is 0 Å². The molecule has 1 aromatic carbocycles. The van der Waals surface area contributed by atoms with Crippen LogP contribution in [0.3, 0.4) is 0 Å². The Balaban J connectivity index is 2.37. The van der Waals surface area contributed by atoms with Gasteiger partial charge < -0.3 is 0 Å². The molecule has 0 aliphatic heterocycles. The Hall–Kier alpha value is -0.151. The fourth-order valence-electron chi connectivity index (χ4n) is 0.964. The Labute approximate surface area is 96.9 Å². The SMILES string of the molecule is CP(=O)(O)OOCC([SeH])c1ccccc1. The summed E-state index contributed by atoms with van der Waals surface area (Å²) in [6.07, 6.45) is 0. The van der Waals surface area contributed by atoms with Crippen molar-refractivity contribution in [2.24, 2.45) is 0 Å². The van der Waals surface area contributed by atoms with Crippen LogP contribution in [-0.4, -0.2) is 34.2 Å². The van der Waals surface area contributed by atoms with E-state index in [1.54, 1.807) is 0 Å². The van der Waals surface area contributed by atoms with Gasteiger partial charge in [0.1, 0.15) is 0 Å². The van der Waals surface area contributed by atoms with Crippen molar-refractivity contribution in [3.63, 3.8) is 0 Å². The fourth-order valence-corrected chi connectivity index (χ4v) is 1.71. The first-order chi connectivity index (χ1) is 6.99. The predicted octanol–water partition coefficient (Wildman–Crippen LogP) is 1.39. The molecule has 1 rings (SSSR count). The maximum absolute atomic E-state index is 10.7. The van der Waals surface area contributed by atoms with Gasteiger partial charge >= 0.3 is 96.6 Å². The van der Waals surface area contributed by atoms with Crippen molar-refractivity contribution < 1.29 is 19.0 Å². The molecule has 15 heavy (non-hydrogen) atoms. The summed E-state index contributed by atoms with van der Waals surface area (Å²) in [6.45, 7) is 1.30. The van der Waals surface area contributed by atoms with Gasteiger partial charge in [-0.05, 0) is 0 Å². The summed E-state index contributed by atoms with van der Waals surface area (Å²) in [7, 11) is -3.54. The summed E-state index contributed by atoms with van der Waals surface area (Å²) < 4.78 is 15.1. The Morgan fingerprint density at radius 3 is 2.60 bits per heavy atom. The molecule has 4 nitrogen and oxygen atoms in total. The van der Waals surface area contributed by atoms with Gasteiger partial charge in [0.25, 0.3) is 0 Å². The second-order valence-corrected chi connectivity index (χ2v) is 6.15. The summed E-state index contributed by atoms with van der Waals surface area (Å²) in [5.74, 6) is 0. The molecule has 84 valence electrons. The number of hydrogen-bond acceptors (Lipinski definition) is 3. The Kier molecular flexibility index (Phi) is 5.00. The van der Waals surface area contributed by atoms with Crippen LogP contribution >= 0.6 is 7.60 Å². The van der Waals surface area contributed by atoms with Crippen LogP contribution in [0.2, 0.25) is 0 Å². The van der Waals surface area contributed by atoms with Gasteiger partial charge in [-0.2, -0.15) is 0 Å². The van der Waals surface area contributed by atoms with Crippen molar-refractivity contribution in [1.82, 2.24) is 0 Å². The molecule has 0 aromatic heterocycles. The second kappa shape index (κ2) is 5.80. The van der Waals surface area contributed by atoms with E-state index in [1.165, 1.54) is 0 Å². The predicted molar refractivity (Wildman–Crippen MR) is 59.1 cm³/mol. The van der Waals surface area contributed by atoms with E-state index in [0.717, 1.165) is 12.2 Å². The summed E-state index contributed by atoms with van der Waals surface area (Å²) >= 11 is 2.43. The van der Waals surface area contributed by atoms with Gasteiger partial charge in [-0.3, -0.25) is 0 Å². The molecule has 2 unspecified atom stereocenters. The molecule has 1 aromatic rings.